The first-order chi connectivity index (χ1) is 9.47. The molecule has 1 N–H and O–H groups in total. The van der Waals surface area contributed by atoms with Crippen molar-refractivity contribution in [1.82, 2.24) is 5.32 Å². The van der Waals surface area contributed by atoms with E-state index >= 15 is 0 Å². The molecule has 0 saturated carbocycles. The molecule has 0 bridgehead atoms. The Labute approximate surface area is 114 Å². The van der Waals surface area contributed by atoms with E-state index in [-0.39, 0.29) is 11.5 Å². The van der Waals surface area contributed by atoms with Crippen LogP contribution in [0.25, 0.3) is 0 Å². The maximum absolute atomic E-state index is 13.1. The van der Waals surface area contributed by atoms with E-state index in [1.807, 2.05) is 0 Å². The fourth-order valence-corrected chi connectivity index (χ4v) is 2.16. The summed E-state index contributed by atoms with van der Waals surface area (Å²) in [6, 6.07) is 2.57. The highest BCUT2D eigenvalue weighted by Gasteiger charge is 2.37. The Hall–Kier alpha value is -1.47. The molecular weight excluding hydrogens is 275 g/mol. The number of alkyl halides is 3. The van der Waals surface area contributed by atoms with Gasteiger partial charge in [0.2, 0.25) is 0 Å². The number of benzene rings is 1. The van der Waals surface area contributed by atoms with Crippen LogP contribution < -0.4 is 14.8 Å². The fraction of sp³-hybridized carbons (Fsp3) is 0.538. The van der Waals surface area contributed by atoms with Gasteiger partial charge >= 0.3 is 6.18 Å². The van der Waals surface area contributed by atoms with Gasteiger partial charge in [-0.15, -0.1) is 0 Å². The predicted octanol–water partition coefficient (Wildman–Crippen LogP) is 2.38. The Bertz CT molecular complexity index is 471. The first-order valence-corrected chi connectivity index (χ1v) is 6.12. The molecule has 0 spiro atoms. The summed E-state index contributed by atoms with van der Waals surface area (Å²) in [5.74, 6) is -0.265. The minimum atomic E-state index is -4.52. The largest absolute Gasteiger partial charge is 0.493 e. The molecule has 1 aliphatic rings. The Morgan fingerprint density at radius 1 is 1.25 bits per heavy atom. The van der Waals surface area contributed by atoms with Gasteiger partial charge in [-0.25, -0.2) is 0 Å². The molecule has 7 heteroatoms. The molecule has 1 aromatic rings. The van der Waals surface area contributed by atoms with Crippen LogP contribution in [-0.4, -0.2) is 33.9 Å². The van der Waals surface area contributed by atoms with Gasteiger partial charge in [0.1, 0.15) is 5.56 Å². The zero-order valence-corrected chi connectivity index (χ0v) is 11.2. The molecule has 0 amide bonds. The summed E-state index contributed by atoms with van der Waals surface area (Å²) in [6.45, 7) is 1.61. The molecule has 1 saturated heterocycles. The lowest BCUT2D eigenvalue weighted by molar-refractivity contribution is -0.139. The first kappa shape index (κ1) is 14.9. The second kappa shape index (κ2) is 5.88. The average molecular weight is 291 g/mol. The van der Waals surface area contributed by atoms with E-state index in [0.717, 1.165) is 6.07 Å². The number of ether oxygens (including phenoxy) is 3. The lowest BCUT2D eigenvalue weighted by Crippen LogP contribution is -2.33. The standard InChI is InChI=1S/C13H16F3NO3/c1-18-10-6-8(11-7-17-3-4-20-11)5-9(12(10)19-2)13(14,15)16/h5-6,11,17H,3-4,7H2,1-2H3. The van der Waals surface area contributed by atoms with E-state index in [2.05, 4.69) is 5.32 Å². The van der Waals surface area contributed by atoms with Crippen molar-refractivity contribution in [3.05, 3.63) is 23.3 Å². The maximum atomic E-state index is 13.1. The molecule has 0 aliphatic carbocycles. The van der Waals surface area contributed by atoms with Crippen LogP contribution >= 0.6 is 0 Å². The smallest absolute Gasteiger partial charge is 0.420 e. The lowest BCUT2D eigenvalue weighted by Gasteiger charge is -2.26. The summed E-state index contributed by atoms with van der Waals surface area (Å²) in [5.41, 5.74) is -0.439. The van der Waals surface area contributed by atoms with Crippen molar-refractivity contribution in [1.29, 1.82) is 0 Å². The van der Waals surface area contributed by atoms with E-state index < -0.39 is 17.8 Å². The number of hydrogen-bond donors (Lipinski definition) is 1. The predicted molar refractivity (Wildman–Crippen MR) is 66.1 cm³/mol. The van der Waals surface area contributed by atoms with Crippen molar-refractivity contribution in [2.45, 2.75) is 12.3 Å². The third-order valence-corrected chi connectivity index (χ3v) is 3.11. The normalized spacial score (nSPS) is 19.8. The molecule has 20 heavy (non-hydrogen) atoms. The Kier molecular flexibility index (Phi) is 4.39. The molecule has 0 radical (unpaired) electrons. The number of nitrogens with one attached hydrogen (secondary N) is 1. The summed E-state index contributed by atoms with van der Waals surface area (Å²) in [4.78, 5) is 0. The molecule has 1 fully saturated rings. The van der Waals surface area contributed by atoms with Gasteiger partial charge in [-0.3, -0.25) is 0 Å². The molecule has 2 rings (SSSR count). The quantitative estimate of drug-likeness (QED) is 0.928. The number of hydrogen-bond acceptors (Lipinski definition) is 4. The van der Waals surface area contributed by atoms with Crippen LogP contribution in [0.15, 0.2) is 12.1 Å². The summed E-state index contributed by atoms with van der Waals surface area (Å²) >= 11 is 0. The van der Waals surface area contributed by atoms with Crippen LogP contribution in [0.5, 0.6) is 11.5 Å². The lowest BCUT2D eigenvalue weighted by atomic mass is 10.0. The maximum Gasteiger partial charge on any atom is 0.420 e. The van der Waals surface area contributed by atoms with Crippen molar-refractivity contribution >= 4 is 0 Å². The van der Waals surface area contributed by atoms with E-state index in [4.69, 9.17) is 14.2 Å². The zero-order chi connectivity index (χ0) is 14.8. The fourth-order valence-electron chi connectivity index (χ4n) is 2.16. The molecule has 0 aromatic heterocycles. The van der Waals surface area contributed by atoms with Gasteiger partial charge in [0.05, 0.1) is 26.9 Å². The van der Waals surface area contributed by atoms with Crippen LogP contribution in [0.3, 0.4) is 0 Å². The molecule has 1 unspecified atom stereocenters. The second-order valence-electron chi connectivity index (χ2n) is 4.37. The summed E-state index contributed by atoms with van der Waals surface area (Å²) in [7, 11) is 2.49. The van der Waals surface area contributed by atoms with Crippen molar-refractivity contribution in [2.75, 3.05) is 33.9 Å². The summed E-state index contributed by atoms with van der Waals surface area (Å²) < 4.78 is 54.6. The third-order valence-electron chi connectivity index (χ3n) is 3.11. The zero-order valence-electron chi connectivity index (χ0n) is 11.2. The van der Waals surface area contributed by atoms with Crippen LogP contribution in [0.1, 0.15) is 17.2 Å². The average Bonchev–Trinajstić information content (AvgIpc) is 2.45. The second-order valence-corrected chi connectivity index (χ2v) is 4.37. The molecule has 1 heterocycles. The minimum Gasteiger partial charge on any atom is -0.493 e. The van der Waals surface area contributed by atoms with Crippen molar-refractivity contribution in [2.24, 2.45) is 0 Å². The third kappa shape index (κ3) is 2.99. The van der Waals surface area contributed by atoms with Gasteiger partial charge in [-0.1, -0.05) is 0 Å². The SMILES string of the molecule is COc1cc(C2CNCCO2)cc(C(F)(F)F)c1OC. The Morgan fingerprint density at radius 2 is 2.00 bits per heavy atom. The topological polar surface area (TPSA) is 39.7 Å². The number of halogens is 3. The summed E-state index contributed by atoms with van der Waals surface area (Å²) in [6.07, 6.45) is -4.94. The van der Waals surface area contributed by atoms with Crippen LogP contribution in [-0.2, 0) is 10.9 Å². The van der Waals surface area contributed by atoms with Gasteiger partial charge < -0.3 is 19.5 Å². The number of rotatable bonds is 3. The highest BCUT2D eigenvalue weighted by Crippen LogP contribution is 2.43. The summed E-state index contributed by atoms with van der Waals surface area (Å²) in [5, 5.41) is 3.08. The van der Waals surface area contributed by atoms with Gasteiger partial charge in [-0.05, 0) is 17.7 Å². The highest BCUT2D eigenvalue weighted by atomic mass is 19.4. The Balaban J connectivity index is 2.48. The highest BCUT2D eigenvalue weighted by molar-refractivity contribution is 5.51. The molecule has 112 valence electrons. The molecule has 4 nitrogen and oxygen atoms in total. The van der Waals surface area contributed by atoms with E-state index in [0.29, 0.717) is 25.3 Å². The van der Waals surface area contributed by atoms with Gasteiger partial charge in [-0.2, -0.15) is 13.2 Å². The Morgan fingerprint density at radius 3 is 2.50 bits per heavy atom. The van der Waals surface area contributed by atoms with Crippen molar-refractivity contribution in [3.63, 3.8) is 0 Å². The molecular formula is C13H16F3NO3. The van der Waals surface area contributed by atoms with Gasteiger partial charge in [0.25, 0.3) is 0 Å². The minimum absolute atomic E-state index is 0.0477. The monoisotopic (exact) mass is 291 g/mol. The molecule has 1 atom stereocenters. The van der Waals surface area contributed by atoms with Crippen molar-refractivity contribution < 1.29 is 27.4 Å². The number of methoxy groups -OCH3 is 2. The molecule has 1 aromatic carbocycles. The molecule has 1 aliphatic heterocycles. The van der Waals surface area contributed by atoms with E-state index in [1.54, 1.807) is 0 Å². The van der Waals surface area contributed by atoms with Crippen LogP contribution in [0.4, 0.5) is 13.2 Å². The van der Waals surface area contributed by atoms with E-state index in [9.17, 15) is 13.2 Å². The van der Waals surface area contributed by atoms with Crippen LogP contribution in [0, 0.1) is 0 Å². The first-order valence-electron chi connectivity index (χ1n) is 6.12. The van der Waals surface area contributed by atoms with Gasteiger partial charge in [0.15, 0.2) is 11.5 Å². The number of morpholine rings is 1. The van der Waals surface area contributed by atoms with Crippen molar-refractivity contribution in [3.8, 4) is 11.5 Å². The van der Waals surface area contributed by atoms with E-state index in [1.165, 1.54) is 20.3 Å². The van der Waals surface area contributed by atoms with Crippen LogP contribution in [0.2, 0.25) is 0 Å². The van der Waals surface area contributed by atoms with Gasteiger partial charge in [0, 0.05) is 13.1 Å².